The number of nitrogens with zero attached hydrogens (tertiary/aromatic N) is 1. The molecule has 0 aromatic carbocycles. The van der Waals surface area contributed by atoms with Crippen LogP contribution in [0.5, 0.6) is 0 Å². The summed E-state index contributed by atoms with van der Waals surface area (Å²) in [4.78, 5) is 39.3. The number of esters is 1. The predicted molar refractivity (Wildman–Crippen MR) is 83.3 cm³/mol. The molecule has 0 aliphatic heterocycles. The van der Waals surface area contributed by atoms with Crippen molar-refractivity contribution in [2.45, 2.75) is 13.8 Å². The maximum atomic E-state index is 11.9. The topological polar surface area (TPSA) is 111 Å². The van der Waals surface area contributed by atoms with Crippen LogP contribution in [0.15, 0.2) is 11.4 Å². The number of nitrogens with two attached hydrogens (primary N) is 1. The Kier molecular flexibility index (Phi) is 4.88. The number of hydrogen-bond acceptors (Lipinski definition) is 7. The molecule has 2 rings (SSSR count). The van der Waals surface area contributed by atoms with E-state index < -0.39 is 24.4 Å². The summed E-state index contributed by atoms with van der Waals surface area (Å²) in [5.74, 6) is -1.78. The van der Waals surface area contributed by atoms with Gasteiger partial charge in [-0.15, -0.1) is 22.7 Å². The van der Waals surface area contributed by atoms with Gasteiger partial charge in [-0.25, -0.2) is 9.78 Å². The molecule has 0 aliphatic carbocycles. The monoisotopic (exact) mass is 339 g/mol. The maximum Gasteiger partial charge on any atom is 0.350 e. The van der Waals surface area contributed by atoms with Crippen molar-refractivity contribution in [2.24, 2.45) is 5.73 Å². The Labute approximate surface area is 134 Å². The zero-order valence-electron chi connectivity index (χ0n) is 11.8. The number of anilines is 1. The van der Waals surface area contributed by atoms with Crippen molar-refractivity contribution < 1.29 is 19.1 Å². The van der Waals surface area contributed by atoms with Crippen LogP contribution in [0.3, 0.4) is 0 Å². The third-order valence-electron chi connectivity index (χ3n) is 2.61. The summed E-state index contributed by atoms with van der Waals surface area (Å²) in [6.45, 7) is 3.03. The molecular formula is C13H13N3O4S2. The summed E-state index contributed by atoms with van der Waals surface area (Å²) in [6, 6.07) is 1.51. The lowest BCUT2D eigenvalue weighted by Crippen LogP contribution is -2.22. The standard InChI is InChI=1S/C13H13N3O4S2/c1-6-10(22-7(2)15-6)13(19)20-5-9(17)16-12-8(11(14)18)3-4-21-12/h3-4H,5H2,1-2H3,(H2,14,18)(H,16,17). The highest BCUT2D eigenvalue weighted by Crippen LogP contribution is 2.22. The van der Waals surface area contributed by atoms with Gasteiger partial charge in [0.2, 0.25) is 0 Å². The Bertz CT molecular complexity index is 735. The molecule has 7 nitrogen and oxygen atoms in total. The minimum absolute atomic E-state index is 0.221. The zero-order valence-corrected chi connectivity index (χ0v) is 13.5. The van der Waals surface area contributed by atoms with Crippen LogP contribution in [-0.2, 0) is 9.53 Å². The molecule has 22 heavy (non-hydrogen) atoms. The lowest BCUT2D eigenvalue weighted by atomic mass is 10.3. The summed E-state index contributed by atoms with van der Waals surface area (Å²) in [6.07, 6.45) is 0. The molecule has 2 amide bonds. The average Bonchev–Trinajstić information content (AvgIpc) is 3.02. The number of thiazole rings is 1. The lowest BCUT2D eigenvalue weighted by molar-refractivity contribution is -0.119. The molecule has 2 aromatic heterocycles. The van der Waals surface area contributed by atoms with Gasteiger partial charge < -0.3 is 15.8 Å². The third-order valence-corrected chi connectivity index (χ3v) is 4.49. The van der Waals surface area contributed by atoms with Crippen molar-refractivity contribution >= 4 is 45.5 Å². The van der Waals surface area contributed by atoms with Crippen molar-refractivity contribution in [1.29, 1.82) is 0 Å². The second kappa shape index (κ2) is 6.67. The molecule has 0 atom stereocenters. The van der Waals surface area contributed by atoms with E-state index in [1.54, 1.807) is 19.2 Å². The van der Waals surface area contributed by atoms with Crippen LogP contribution in [0.25, 0.3) is 0 Å². The van der Waals surface area contributed by atoms with E-state index in [2.05, 4.69) is 10.3 Å². The quantitative estimate of drug-likeness (QED) is 0.806. The first-order valence-corrected chi connectivity index (χ1v) is 7.86. The summed E-state index contributed by atoms with van der Waals surface area (Å²) in [5, 5.41) is 5.20. The van der Waals surface area contributed by atoms with Crippen molar-refractivity contribution in [2.75, 3.05) is 11.9 Å². The van der Waals surface area contributed by atoms with Crippen molar-refractivity contribution in [3.63, 3.8) is 0 Å². The predicted octanol–water partition coefficient (Wildman–Crippen LogP) is 1.72. The summed E-state index contributed by atoms with van der Waals surface area (Å²) < 4.78 is 4.94. The van der Waals surface area contributed by atoms with Gasteiger partial charge in [0.15, 0.2) is 6.61 Å². The first-order valence-electron chi connectivity index (χ1n) is 6.16. The minimum Gasteiger partial charge on any atom is -0.451 e. The molecule has 116 valence electrons. The number of aryl methyl sites for hydroxylation is 2. The number of primary amides is 1. The number of rotatable bonds is 5. The summed E-state index contributed by atoms with van der Waals surface area (Å²) >= 11 is 2.37. The van der Waals surface area contributed by atoms with Gasteiger partial charge in [-0.1, -0.05) is 0 Å². The molecule has 2 heterocycles. The van der Waals surface area contributed by atoms with Gasteiger partial charge in [0, 0.05) is 0 Å². The Morgan fingerprint density at radius 2 is 2.09 bits per heavy atom. The SMILES string of the molecule is Cc1nc(C)c(C(=O)OCC(=O)Nc2sccc2C(N)=O)s1. The second-order valence-electron chi connectivity index (χ2n) is 4.30. The molecule has 0 spiro atoms. The third kappa shape index (κ3) is 3.68. The Morgan fingerprint density at radius 1 is 1.36 bits per heavy atom. The first kappa shape index (κ1) is 16.1. The van der Waals surface area contributed by atoms with Crippen LogP contribution in [0.1, 0.15) is 30.7 Å². The molecule has 3 N–H and O–H groups in total. The van der Waals surface area contributed by atoms with Crippen LogP contribution in [-0.4, -0.2) is 29.4 Å². The molecule has 2 aromatic rings. The van der Waals surface area contributed by atoms with Gasteiger partial charge in [0.1, 0.15) is 9.88 Å². The zero-order chi connectivity index (χ0) is 16.3. The van der Waals surface area contributed by atoms with Crippen LogP contribution in [0, 0.1) is 13.8 Å². The summed E-state index contributed by atoms with van der Waals surface area (Å²) in [7, 11) is 0. The van der Waals surface area contributed by atoms with E-state index in [0.29, 0.717) is 15.6 Å². The number of carbonyl (C=O) groups is 3. The fraction of sp³-hybridized carbons (Fsp3) is 0.231. The van der Waals surface area contributed by atoms with Gasteiger partial charge in [-0.3, -0.25) is 9.59 Å². The van der Waals surface area contributed by atoms with Crippen molar-refractivity contribution in [3.05, 3.63) is 32.6 Å². The Balaban J connectivity index is 1.93. The van der Waals surface area contributed by atoms with Crippen LogP contribution in [0.2, 0.25) is 0 Å². The van der Waals surface area contributed by atoms with E-state index in [9.17, 15) is 14.4 Å². The van der Waals surface area contributed by atoms with Gasteiger partial charge in [-0.2, -0.15) is 0 Å². The normalized spacial score (nSPS) is 10.3. The minimum atomic E-state index is -0.635. The van der Waals surface area contributed by atoms with Crippen molar-refractivity contribution in [3.8, 4) is 0 Å². The first-order chi connectivity index (χ1) is 10.4. The number of thiophene rings is 1. The number of nitrogens with one attached hydrogen (secondary N) is 1. The van der Waals surface area contributed by atoms with Gasteiger partial charge >= 0.3 is 5.97 Å². The van der Waals surface area contributed by atoms with Gasteiger partial charge in [0.05, 0.1) is 16.3 Å². The average molecular weight is 339 g/mol. The highest BCUT2D eigenvalue weighted by Gasteiger charge is 2.18. The Morgan fingerprint density at radius 3 is 2.68 bits per heavy atom. The number of hydrogen-bond donors (Lipinski definition) is 2. The largest absolute Gasteiger partial charge is 0.451 e. The molecule has 0 aliphatic rings. The van der Waals surface area contributed by atoms with E-state index >= 15 is 0 Å². The fourth-order valence-corrected chi connectivity index (χ4v) is 3.30. The highest BCUT2D eigenvalue weighted by molar-refractivity contribution is 7.14. The molecule has 0 saturated heterocycles. The number of ether oxygens (including phenoxy) is 1. The van der Waals surface area contributed by atoms with E-state index in [1.807, 2.05) is 0 Å². The van der Waals surface area contributed by atoms with Crippen LogP contribution < -0.4 is 11.1 Å². The summed E-state index contributed by atoms with van der Waals surface area (Å²) in [5.41, 5.74) is 5.97. The van der Waals surface area contributed by atoms with E-state index in [-0.39, 0.29) is 5.56 Å². The molecule has 0 saturated carbocycles. The van der Waals surface area contributed by atoms with Gasteiger partial charge in [-0.05, 0) is 25.3 Å². The highest BCUT2D eigenvalue weighted by atomic mass is 32.1. The smallest absolute Gasteiger partial charge is 0.350 e. The van der Waals surface area contributed by atoms with E-state index in [0.717, 1.165) is 16.3 Å². The molecular weight excluding hydrogens is 326 g/mol. The lowest BCUT2D eigenvalue weighted by Gasteiger charge is -2.05. The fourth-order valence-electron chi connectivity index (χ4n) is 1.68. The molecule has 0 unspecified atom stereocenters. The van der Waals surface area contributed by atoms with Crippen molar-refractivity contribution in [1.82, 2.24) is 4.98 Å². The Hall–Kier alpha value is -2.26. The number of aromatic nitrogens is 1. The van der Waals surface area contributed by atoms with Crippen LogP contribution in [0.4, 0.5) is 5.00 Å². The number of carbonyl (C=O) groups excluding carboxylic acids is 3. The number of amides is 2. The molecule has 0 fully saturated rings. The molecule has 9 heteroatoms. The second-order valence-corrected chi connectivity index (χ2v) is 6.42. The molecule has 0 radical (unpaired) electrons. The van der Waals surface area contributed by atoms with E-state index in [4.69, 9.17) is 10.5 Å². The molecule has 0 bridgehead atoms. The van der Waals surface area contributed by atoms with Gasteiger partial charge in [0.25, 0.3) is 11.8 Å². The maximum absolute atomic E-state index is 11.9. The van der Waals surface area contributed by atoms with Crippen LogP contribution >= 0.6 is 22.7 Å². The van der Waals surface area contributed by atoms with E-state index in [1.165, 1.54) is 17.4 Å².